The van der Waals surface area contributed by atoms with E-state index in [9.17, 15) is 4.79 Å². The smallest absolute Gasteiger partial charge is 0.265 e. The quantitative estimate of drug-likeness (QED) is 0.616. The second kappa shape index (κ2) is 8.56. The van der Waals surface area contributed by atoms with Crippen LogP contribution in [0.3, 0.4) is 0 Å². The van der Waals surface area contributed by atoms with Crippen molar-refractivity contribution in [2.75, 3.05) is 37.7 Å². The molecule has 0 saturated carbocycles. The van der Waals surface area contributed by atoms with Gasteiger partial charge in [-0.05, 0) is 36.4 Å². The molecule has 1 fully saturated rings. The second-order valence-corrected chi connectivity index (χ2v) is 7.85. The van der Waals surface area contributed by atoms with Gasteiger partial charge in [-0.2, -0.15) is 4.98 Å². The first-order valence-corrected chi connectivity index (χ1v) is 10.5. The molecule has 3 aromatic rings. The number of benzene rings is 2. The van der Waals surface area contributed by atoms with Crippen LogP contribution in [0.15, 0.2) is 53.1 Å². The molecule has 5 rings (SSSR count). The van der Waals surface area contributed by atoms with Crippen LogP contribution in [0.1, 0.15) is 5.89 Å². The zero-order valence-electron chi connectivity index (χ0n) is 16.7. The van der Waals surface area contributed by atoms with Crippen molar-refractivity contribution in [3.63, 3.8) is 0 Å². The van der Waals surface area contributed by atoms with Crippen LogP contribution in [0.4, 0.5) is 5.69 Å². The Kier molecular flexibility index (Phi) is 5.48. The summed E-state index contributed by atoms with van der Waals surface area (Å²) in [5.74, 6) is 1.58. The molecule has 1 amide bonds. The van der Waals surface area contributed by atoms with Gasteiger partial charge < -0.3 is 23.8 Å². The molecule has 1 saturated heterocycles. The Bertz CT molecular complexity index is 1070. The number of hydrogen-bond acceptors (Lipinski definition) is 7. The SMILES string of the molecule is O=C(C1CN(Cc2nc(-c3ccc(Cl)cc3)no2)c2ccccc2O1)N1CCOCC1. The molecule has 1 aromatic heterocycles. The Hall–Kier alpha value is -3.10. The summed E-state index contributed by atoms with van der Waals surface area (Å²) in [6, 6.07) is 14.9. The van der Waals surface area contributed by atoms with Crippen LogP contribution in [0.5, 0.6) is 5.75 Å². The number of amides is 1. The highest BCUT2D eigenvalue weighted by atomic mass is 35.5. The highest BCUT2D eigenvalue weighted by molar-refractivity contribution is 6.30. The van der Waals surface area contributed by atoms with Crippen LogP contribution in [-0.4, -0.2) is 59.9 Å². The molecule has 2 aromatic carbocycles. The standard InChI is InChI=1S/C22H21ClN4O4/c23-16-7-5-15(6-8-16)21-24-20(31-25-21)14-27-13-19(22(28)26-9-11-29-12-10-26)30-18-4-2-1-3-17(18)27/h1-8,19H,9-14H2. The Balaban J connectivity index is 1.36. The highest BCUT2D eigenvalue weighted by Gasteiger charge is 2.34. The molecular weight excluding hydrogens is 420 g/mol. The summed E-state index contributed by atoms with van der Waals surface area (Å²) in [6.45, 7) is 3.02. The van der Waals surface area contributed by atoms with E-state index in [2.05, 4.69) is 10.1 Å². The minimum Gasteiger partial charge on any atom is -0.477 e. The van der Waals surface area contributed by atoms with Crippen molar-refractivity contribution in [1.82, 2.24) is 15.0 Å². The van der Waals surface area contributed by atoms with Crippen LogP contribution in [0.25, 0.3) is 11.4 Å². The fraction of sp³-hybridized carbons (Fsp3) is 0.318. The average Bonchev–Trinajstić information content (AvgIpc) is 3.28. The Labute approximate surface area is 184 Å². The van der Waals surface area contributed by atoms with Crippen LogP contribution < -0.4 is 9.64 Å². The van der Waals surface area contributed by atoms with Crippen molar-refractivity contribution in [3.8, 4) is 17.1 Å². The van der Waals surface area contributed by atoms with E-state index in [1.165, 1.54) is 0 Å². The van der Waals surface area contributed by atoms with Crippen LogP contribution in [0, 0.1) is 0 Å². The van der Waals surface area contributed by atoms with Gasteiger partial charge in [-0.3, -0.25) is 4.79 Å². The molecule has 1 unspecified atom stereocenters. The molecule has 0 spiro atoms. The van der Waals surface area contributed by atoms with E-state index in [0.29, 0.717) is 61.9 Å². The number of morpholine rings is 1. The van der Waals surface area contributed by atoms with Gasteiger partial charge in [0.1, 0.15) is 5.75 Å². The Morgan fingerprint density at radius 2 is 1.87 bits per heavy atom. The van der Waals surface area contributed by atoms with Gasteiger partial charge >= 0.3 is 0 Å². The zero-order chi connectivity index (χ0) is 21.2. The summed E-state index contributed by atoms with van der Waals surface area (Å²) in [5, 5.41) is 4.74. The van der Waals surface area contributed by atoms with Gasteiger partial charge in [-0.15, -0.1) is 0 Å². The summed E-state index contributed by atoms with van der Waals surface area (Å²) >= 11 is 5.96. The predicted molar refractivity (Wildman–Crippen MR) is 114 cm³/mol. The zero-order valence-corrected chi connectivity index (χ0v) is 17.5. The molecule has 9 heteroatoms. The summed E-state index contributed by atoms with van der Waals surface area (Å²) in [4.78, 5) is 21.4. The number of anilines is 1. The molecule has 0 N–H and O–H groups in total. The van der Waals surface area contributed by atoms with E-state index in [-0.39, 0.29) is 5.91 Å². The van der Waals surface area contributed by atoms with Gasteiger partial charge in [0.15, 0.2) is 6.10 Å². The van der Waals surface area contributed by atoms with E-state index < -0.39 is 6.10 Å². The normalized spacial score (nSPS) is 18.4. The third-order valence-corrected chi connectivity index (χ3v) is 5.61. The third-order valence-electron chi connectivity index (χ3n) is 5.36. The molecule has 2 aliphatic heterocycles. The first-order valence-electron chi connectivity index (χ1n) is 10.1. The molecular formula is C22H21ClN4O4. The van der Waals surface area contributed by atoms with Crippen LogP contribution in [0.2, 0.25) is 5.02 Å². The highest BCUT2D eigenvalue weighted by Crippen LogP contribution is 2.34. The van der Waals surface area contributed by atoms with Gasteiger partial charge in [-0.25, -0.2) is 0 Å². The van der Waals surface area contributed by atoms with Crippen LogP contribution >= 0.6 is 11.6 Å². The average molecular weight is 441 g/mol. The van der Waals surface area contributed by atoms with E-state index >= 15 is 0 Å². The fourth-order valence-corrected chi connectivity index (χ4v) is 3.90. The number of fused-ring (bicyclic) bond motifs is 1. The topological polar surface area (TPSA) is 80.9 Å². The number of halogens is 1. The van der Waals surface area contributed by atoms with Crippen molar-refractivity contribution in [2.45, 2.75) is 12.6 Å². The molecule has 8 nitrogen and oxygen atoms in total. The van der Waals surface area contributed by atoms with E-state index in [4.69, 9.17) is 25.6 Å². The first-order chi connectivity index (χ1) is 15.2. The largest absolute Gasteiger partial charge is 0.477 e. The number of rotatable bonds is 4. The molecule has 0 aliphatic carbocycles. The van der Waals surface area contributed by atoms with Gasteiger partial charge in [0, 0.05) is 23.7 Å². The van der Waals surface area contributed by atoms with Crippen molar-refractivity contribution in [2.24, 2.45) is 0 Å². The van der Waals surface area contributed by atoms with Crippen molar-refractivity contribution >= 4 is 23.2 Å². The van der Waals surface area contributed by atoms with Gasteiger partial charge in [0.25, 0.3) is 5.91 Å². The lowest BCUT2D eigenvalue weighted by Crippen LogP contribution is -2.52. The lowest BCUT2D eigenvalue weighted by molar-refractivity contribution is -0.142. The monoisotopic (exact) mass is 440 g/mol. The number of para-hydroxylation sites is 2. The lowest BCUT2D eigenvalue weighted by Gasteiger charge is -2.37. The fourth-order valence-electron chi connectivity index (χ4n) is 3.77. The number of ether oxygens (including phenoxy) is 2. The minimum atomic E-state index is -0.605. The number of hydrogen-bond donors (Lipinski definition) is 0. The Morgan fingerprint density at radius 1 is 1.10 bits per heavy atom. The van der Waals surface area contributed by atoms with Crippen LogP contribution in [-0.2, 0) is 16.1 Å². The first kappa shape index (κ1) is 19.8. The number of carbonyl (C=O) groups is 1. The van der Waals surface area contributed by atoms with Crippen molar-refractivity contribution in [1.29, 1.82) is 0 Å². The van der Waals surface area contributed by atoms with E-state index in [1.807, 2.05) is 41.3 Å². The van der Waals surface area contributed by atoms with Gasteiger partial charge in [-0.1, -0.05) is 28.9 Å². The number of carbonyl (C=O) groups excluding carboxylic acids is 1. The molecule has 0 bridgehead atoms. The summed E-state index contributed by atoms with van der Waals surface area (Å²) < 4.78 is 16.9. The molecule has 0 radical (unpaired) electrons. The maximum absolute atomic E-state index is 13.0. The number of aromatic nitrogens is 2. The summed E-state index contributed by atoms with van der Waals surface area (Å²) in [7, 11) is 0. The van der Waals surface area contributed by atoms with Gasteiger partial charge in [0.05, 0.1) is 32.0 Å². The third kappa shape index (κ3) is 4.22. The van der Waals surface area contributed by atoms with Gasteiger partial charge in [0.2, 0.25) is 11.7 Å². The molecule has 1 atom stereocenters. The molecule has 160 valence electrons. The Morgan fingerprint density at radius 3 is 2.68 bits per heavy atom. The predicted octanol–water partition coefficient (Wildman–Crippen LogP) is 3.02. The van der Waals surface area contributed by atoms with E-state index in [1.54, 1.807) is 17.0 Å². The molecule has 31 heavy (non-hydrogen) atoms. The molecule has 3 heterocycles. The number of nitrogens with zero attached hydrogens (tertiary/aromatic N) is 4. The lowest BCUT2D eigenvalue weighted by atomic mass is 10.1. The summed E-state index contributed by atoms with van der Waals surface area (Å²) in [5.41, 5.74) is 1.71. The second-order valence-electron chi connectivity index (χ2n) is 7.41. The maximum atomic E-state index is 13.0. The van der Waals surface area contributed by atoms with Crippen molar-refractivity contribution in [3.05, 3.63) is 59.4 Å². The van der Waals surface area contributed by atoms with E-state index in [0.717, 1.165) is 11.3 Å². The van der Waals surface area contributed by atoms with Crippen molar-refractivity contribution < 1.29 is 18.8 Å². The molecule has 2 aliphatic rings. The summed E-state index contributed by atoms with van der Waals surface area (Å²) in [6.07, 6.45) is -0.605. The minimum absolute atomic E-state index is 0.0322. The maximum Gasteiger partial charge on any atom is 0.265 e.